The average molecular weight is 349 g/mol. The zero-order valence-corrected chi connectivity index (χ0v) is 12.7. The zero-order valence-electron chi connectivity index (χ0n) is 12.7. The topological polar surface area (TPSA) is 72.7 Å². The minimum absolute atomic E-state index is 0.0140. The van der Waals surface area contributed by atoms with Crippen molar-refractivity contribution >= 4 is 0 Å². The van der Waals surface area contributed by atoms with Crippen LogP contribution < -0.4 is 5.32 Å². The molecule has 1 aromatic carbocycles. The fourth-order valence-electron chi connectivity index (χ4n) is 2.59. The van der Waals surface area contributed by atoms with Crippen molar-refractivity contribution in [3.63, 3.8) is 0 Å². The summed E-state index contributed by atoms with van der Waals surface area (Å²) in [5.41, 5.74) is -0.0783. The number of hydrogen-bond donors (Lipinski definition) is 4. The fourth-order valence-corrected chi connectivity index (χ4v) is 2.59. The second-order valence-corrected chi connectivity index (χ2v) is 5.73. The number of hydrogen-bond acceptors (Lipinski definition) is 4. The van der Waals surface area contributed by atoms with E-state index in [-0.39, 0.29) is 5.57 Å². The second kappa shape index (κ2) is 7.60. The summed E-state index contributed by atoms with van der Waals surface area (Å²) >= 11 is 0. The molecule has 2 rings (SSSR count). The smallest absolute Gasteiger partial charge is 0.388 e. The second-order valence-electron chi connectivity index (χ2n) is 5.73. The summed E-state index contributed by atoms with van der Waals surface area (Å²) in [6.45, 7) is -0.645. The minimum Gasteiger partial charge on any atom is -0.388 e. The van der Waals surface area contributed by atoms with Crippen LogP contribution >= 0.6 is 0 Å². The first-order chi connectivity index (χ1) is 11.2. The van der Waals surface area contributed by atoms with Crippen molar-refractivity contribution in [2.24, 2.45) is 0 Å². The third-order valence-corrected chi connectivity index (χ3v) is 4.04. The van der Waals surface area contributed by atoms with E-state index in [0.717, 1.165) is 12.1 Å². The Bertz CT molecular complexity index is 574. The first-order valence-electron chi connectivity index (χ1n) is 7.44. The molecule has 0 aliphatic heterocycles. The van der Waals surface area contributed by atoms with E-state index >= 15 is 0 Å². The molecule has 24 heavy (non-hydrogen) atoms. The van der Waals surface area contributed by atoms with E-state index in [2.05, 4.69) is 5.32 Å². The van der Waals surface area contributed by atoms with Gasteiger partial charge in [0.05, 0.1) is 11.6 Å². The van der Waals surface area contributed by atoms with Crippen LogP contribution in [0.2, 0.25) is 0 Å². The van der Waals surface area contributed by atoms with Gasteiger partial charge < -0.3 is 20.6 Å². The van der Waals surface area contributed by atoms with Crippen LogP contribution in [0.1, 0.15) is 11.1 Å². The van der Waals surface area contributed by atoms with Gasteiger partial charge in [-0.1, -0.05) is 18.2 Å². The molecule has 0 aromatic heterocycles. The summed E-state index contributed by atoms with van der Waals surface area (Å²) in [7, 11) is 0. The highest BCUT2D eigenvalue weighted by molar-refractivity contribution is 5.25. The van der Waals surface area contributed by atoms with E-state index in [0.29, 0.717) is 18.5 Å². The van der Waals surface area contributed by atoms with Gasteiger partial charge in [-0.25, -0.2) is 4.39 Å². The summed E-state index contributed by atoms with van der Waals surface area (Å²) in [4.78, 5) is 0. The lowest BCUT2D eigenvalue weighted by Gasteiger charge is -2.34. The van der Waals surface area contributed by atoms with Gasteiger partial charge in [0.25, 0.3) is 0 Å². The number of aliphatic hydroxyl groups is 3. The lowest BCUT2D eigenvalue weighted by atomic mass is 9.88. The van der Waals surface area contributed by atoms with E-state index in [9.17, 15) is 32.9 Å². The molecule has 0 saturated carbocycles. The van der Waals surface area contributed by atoms with Crippen LogP contribution in [0.4, 0.5) is 17.6 Å². The normalized spacial score (nSPS) is 27.9. The summed E-state index contributed by atoms with van der Waals surface area (Å²) in [5.74, 6) is 0. The Morgan fingerprint density at radius 1 is 1.00 bits per heavy atom. The third-order valence-electron chi connectivity index (χ3n) is 4.04. The van der Waals surface area contributed by atoms with Crippen molar-refractivity contribution in [3.8, 4) is 0 Å². The van der Waals surface area contributed by atoms with E-state index < -0.39 is 42.8 Å². The molecule has 4 atom stereocenters. The summed E-state index contributed by atoms with van der Waals surface area (Å²) in [6, 6.07) is 3.97. The summed E-state index contributed by atoms with van der Waals surface area (Å²) in [6.07, 6.45) is -6.91. The highest BCUT2D eigenvalue weighted by Crippen LogP contribution is 2.29. The Morgan fingerprint density at radius 2 is 1.62 bits per heavy atom. The van der Waals surface area contributed by atoms with Gasteiger partial charge in [-0.15, -0.1) is 0 Å². The van der Waals surface area contributed by atoms with Gasteiger partial charge in [0.15, 0.2) is 0 Å². The number of rotatable bonds is 5. The van der Waals surface area contributed by atoms with Crippen molar-refractivity contribution in [3.05, 3.63) is 47.0 Å². The number of aliphatic hydroxyl groups excluding tert-OH is 3. The van der Waals surface area contributed by atoms with Gasteiger partial charge in [-0.2, -0.15) is 13.2 Å². The maximum Gasteiger partial charge on any atom is 0.416 e. The fraction of sp³-hybridized carbons (Fsp3) is 0.500. The molecule has 0 bridgehead atoms. The quantitative estimate of drug-likeness (QED) is 0.476. The van der Waals surface area contributed by atoms with Crippen molar-refractivity contribution in [1.82, 2.24) is 5.32 Å². The molecule has 0 radical (unpaired) electrons. The van der Waals surface area contributed by atoms with Crippen molar-refractivity contribution in [2.45, 2.75) is 37.0 Å². The van der Waals surface area contributed by atoms with Crippen LogP contribution in [0.5, 0.6) is 0 Å². The first kappa shape index (κ1) is 18.9. The van der Waals surface area contributed by atoms with Crippen LogP contribution in [-0.4, -0.2) is 52.9 Å². The standard InChI is InChI=1S/C16H19F4NO3/c17-8-10-7-12(14(23)15(24)13(10)22)21-6-5-9-1-3-11(4-2-9)16(18,19)20/h1-4,7,12-15,21-24H,5-6,8H2/t12-,13+,14+,15+/m1/s1. The van der Waals surface area contributed by atoms with E-state index in [4.69, 9.17) is 0 Å². The third kappa shape index (κ3) is 4.32. The van der Waals surface area contributed by atoms with Crippen LogP contribution in [0.15, 0.2) is 35.9 Å². The molecule has 0 unspecified atom stereocenters. The highest BCUT2D eigenvalue weighted by atomic mass is 19.4. The largest absolute Gasteiger partial charge is 0.416 e. The Hall–Kier alpha value is -1.48. The van der Waals surface area contributed by atoms with E-state index in [1.807, 2.05) is 0 Å². The predicted molar refractivity (Wildman–Crippen MR) is 79.0 cm³/mol. The SMILES string of the molecule is O[C@@H]1[C@@H](O)[C@@H](O)C(CF)=C[C@H]1NCCc1ccc(C(F)(F)F)cc1. The number of alkyl halides is 4. The monoisotopic (exact) mass is 349 g/mol. The van der Waals surface area contributed by atoms with Gasteiger partial charge in [0.1, 0.15) is 25.0 Å². The Labute approximate surface area is 136 Å². The molecule has 0 heterocycles. The van der Waals surface area contributed by atoms with Gasteiger partial charge in [0.2, 0.25) is 0 Å². The molecule has 0 saturated heterocycles. The van der Waals surface area contributed by atoms with Crippen LogP contribution in [0.3, 0.4) is 0 Å². The molecule has 0 spiro atoms. The molecule has 8 heteroatoms. The Balaban J connectivity index is 1.93. The molecule has 134 valence electrons. The molecular weight excluding hydrogens is 330 g/mol. The van der Waals surface area contributed by atoms with Gasteiger partial charge in [-0.3, -0.25) is 0 Å². The average Bonchev–Trinajstić information content (AvgIpc) is 2.54. The zero-order chi connectivity index (χ0) is 17.9. The lowest BCUT2D eigenvalue weighted by Crippen LogP contribution is -2.54. The molecule has 1 aromatic rings. The Kier molecular flexibility index (Phi) is 5.97. The van der Waals surface area contributed by atoms with Gasteiger partial charge in [-0.05, 0) is 36.2 Å². The number of benzene rings is 1. The van der Waals surface area contributed by atoms with Crippen molar-refractivity contribution < 1.29 is 32.9 Å². The number of nitrogens with one attached hydrogen (secondary N) is 1. The van der Waals surface area contributed by atoms with Crippen molar-refractivity contribution in [1.29, 1.82) is 0 Å². The number of halogens is 4. The van der Waals surface area contributed by atoms with Crippen molar-refractivity contribution in [2.75, 3.05) is 13.2 Å². The minimum atomic E-state index is -4.38. The Morgan fingerprint density at radius 3 is 2.17 bits per heavy atom. The predicted octanol–water partition coefficient (Wildman–Crippen LogP) is 1.20. The maximum atomic E-state index is 12.8. The van der Waals surface area contributed by atoms with Gasteiger partial charge in [0, 0.05) is 0 Å². The van der Waals surface area contributed by atoms with Gasteiger partial charge >= 0.3 is 6.18 Å². The highest BCUT2D eigenvalue weighted by Gasteiger charge is 2.36. The molecular formula is C16H19F4NO3. The molecule has 1 aliphatic carbocycles. The molecule has 0 fully saturated rings. The summed E-state index contributed by atoms with van der Waals surface area (Å²) in [5, 5.41) is 32.0. The van der Waals surface area contributed by atoms with Crippen LogP contribution in [0.25, 0.3) is 0 Å². The molecule has 4 nitrogen and oxygen atoms in total. The lowest BCUT2D eigenvalue weighted by molar-refractivity contribution is -0.137. The van der Waals surface area contributed by atoms with E-state index in [1.165, 1.54) is 18.2 Å². The first-order valence-corrected chi connectivity index (χ1v) is 7.44. The van der Waals surface area contributed by atoms with Crippen LogP contribution in [-0.2, 0) is 12.6 Å². The van der Waals surface area contributed by atoms with Crippen LogP contribution in [0, 0.1) is 0 Å². The molecule has 1 aliphatic rings. The maximum absolute atomic E-state index is 12.8. The molecule has 0 amide bonds. The molecule has 4 N–H and O–H groups in total. The van der Waals surface area contributed by atoms with E-state index in [1.54, 1.807) is 0 Å². The summed E-state index contributed by atoms with van der Waals surface area (Å²) < 4.78 is 50.2.